The van der Waals surface area contributed by atoms with Gasteiger partial charge in [0, 0.05) is 6.54 Å². The molecule has 0 saturated heterocycles. The Labute approximate surface area is 102 Å². The number of methoxy groups -OCH3 is 1. The van der Waals surface area contributed by atoms with Gasteiger partial charge in [-0.3, -0.25) is 4.90 Å². The number of carbonyl (C=O) groups excluding carboxylic acids is 1. The van der Waals surface area contributed by atoms with Crippen molar-refractivity contribution in [2.75, 3.05) is 27.7 Å². The highest BCUT2D eigenvalue weighted by molar-refractivity contribution is 5.69. The zero-order valence-electron chi connectivity index (χ0n) is 10.5. The third-order valence-electron chi connectivity index (χ3n) is 3.08. The van der Waals surface area contributed by atoms with E-state index in [1.165, 1.54) is 18.2 Å². The average molecular weight is 234 g/mol. The predicted octanol–water partition coefficient (Wildman–Crippen LogP) is 1.87. The standard InChI is InChI=1S/C13H18N2O2/c1-14(2)9-12-11-7-5-4-6-10(11)8-15(12)13(16)17-3/h4-7,12H,8-9H2,1-3H3. The van der Waals surface area contributed by atoms with Crippen molar-refractivity contribution in [3.05, 3.63) is 35.4 Å². The normalized spacial score (nSPS) is 18.4. The van der Waals surface area contributed by atoms with Crippen molar-refractivity contribution in [3.63, 3.8) is 0 Å². The Morgan fingerprint density at radius 1 is 1.47 bits per heavy atom. The number of rotatable bonds is 2. The fraction of sp³-hybridized carbons (Fsp3) is 0.462. The van der Waals surface area contributed by atoms with Gasteiger partial charge in [-0.2, -0.15) is 0 Å². The summed E-state index contributed by atoms with van der Waals surface area (Å²) in [5, 5.41) is 0. The number of amides is 1. The van der Waals surface area contributed by atoms with E-state index in [0.717, 1.165) is 6.54 Å². The first-order valence-corrected chi connectivity index (χ1v) is 5.70. The van der Waals surface area contributed by atoms with Crippen LogP contribution in [0.1, 0.15) is 17.2 Å². The van der Waals surface area contributed by atoms with Crippen LogP contribution < -0.4 is 0 Å². The van der Waals surface area contributed by atoms with Crippen molar-refractivity contribution < 1.29 is 9.53 Å². The lowest BCUT2D eigenvalue weighted by Crippen LogP contribution is -2.35. The van der Waals surface area contributed by atoms with Crippen LogP contribution in [0.2, 0.25) is 0 Å². The molecule has 1 heterocycles. The molecule has 0 spiro atoms. The van der Waals surface area contributed by atoms with Crippen LogP contribution in [0, 0.1) is 0 Å². The molecule has 0 saturated carbocycles. The van der Waals surface area contributed by atoms with Gasteiger partial charge >= 0.3 is 6.09 Å². The zero-order chi connectivity index (χ0) is 12.4. The molecule has 1 atom stereocenters. The fourth-order valence-electron chi connectivity index (χ4n) is 2.32. The molecule has 0 aromatic heterocycles. The molecule has 17 heavy (non-hydrogen) atoms. The zero-order valence-corrected chi connectivity index (χ0v) is 10.5. The SMILES string of the molecule is COC(=O)N1Cc2ccccc2C1CN(C)C. The van der Waals surface area contributed by atoms with Gasteiger partial charge in [0.2, 0.25) is 0 Å². The molecule has 0 bridgehead atoms. The van der Waals surface area contributed by atoms with Gasteiger partial charge in [0.15, 0.2) is 0 Å². The van der Waals surface area contributed by atoms with Crippen molar-refractivity contribution in [1.29, 1.82) is 0 Å². The molecular weight excluding hydrogens is 216 g/mol. The minimum absolute atomic E-state index is 0.0913. The first-order valence-electron chi connectivity index (χ1n) is 5.70. The number of carbonyl (C=O) groups is 1. The Balaban J connectivity index is 2.30. The highest BCUT2D eigenvalue weighted by atomic mass is 16.5. The number of benzene rings is 1. The molecular formula is C13H18N2O2. The van der Waals surface area contributed by atoms with Gasteiger partial charge in [0.05, 0.1) is 19.7 Å². The minimum Gasteiger partial charge on any atom is -0.453 e. The maximum Gasteiger partial charge on any atom is 0.410 e. The van der Waals surface area contributed by atoms with Crippen LogP contribution in [0.3, 0.4) is 0 Å². The number of likely N-dealkylation sites (N-methyl/N-ethyl adjacent to an activating group) is 1. The van der Waals surface area contributed by atoms with Crippen molar-refractivity contribution in [2.45, 2.75) is 12.6 Å². The van der Waals surface area contributed by atoms with Crippen molar-refractivity contribution in [2.24, 2.45) is 0 Å². The predicted molar refractivity (Wildman–Crippen MR) is 65.7 cm³/mol. The Hall–Kier alpha value is -1.55. The third-order valence-corrected chi connectivity index (χ3v) is 3.08. The van der Waals surface area contributed by atoms with Gasteiger partial charge in [0.1, 0.15) is 0 Å². The van der Waals surface area contributed by atoms with Crippen LogP contribution in [0.5, 0.6) is 0 Å². The van der Waals surface area contributed by atoms with Gasteiger partial charge in [-0.1, -0.05) is 24.3 Å². The quantitative estimate of drug-likeness (QED) is 0.783. The maximum atomic E-state index is 11.8. The third kappa shape index (κ3) is 2.26. The topological polar surface area (TPSA) is 32.8 Å². The summed E-state index contributed by atoms with van der Waals surface area (Å²) < 4.78 is 4.85. The molecule has 0 radical (unpaired) electrons. The van der Waals surface area contributed by atoms with Crippen LogP contribution in [-0.4, -0.2) is 43.6 Å². The number of hydrogen-bond acceptors (Lipinski definition) is 3. The van der Waals surface area contributed by atoms with E-state index in [1.54, 1.807) is 4.90 Å². The minimum atomic E-state index is -0.256. The number of fused-ring (bicyclic) bond motifs is 1. The van der Waals surface area contributed by atoms with Crippen molar-refractivity contribution in [1.82, 2.24) is 9.80 Å². The summed E-state index contributed by atoms with van der Waals surface area (Å²) in [6.07, 6.45) is -0.256. The summed E-state index contributed by atoms with van der Waals surface area (Å²) in [7, 11) is 5.45. The lowest BCUT2D eigenvalue weighted by atomic mass is 10.0. The highest BCUT2D eigenvalue weighted by Gasteiger charge is 2.33. The van der Waals surface area contributed by atoms with Crippen molar-refractivity contribution in [3.8, 4) is 0 Å². The summed E-state index contributed by atoms with van der Waals surface area (Å²) in [6, 6.07) is 8.27. The summed E-state index contributed by atoms with van der Waals surface area (Å²) in [5.74, 6) is 0. The van der Waals surface area contributed by atoms with Gasteiger partial charge < -0.3 is 9.64 Å². The summed E-state index contributed by atoms with van der Waals surface area (Å²) >= 11 is 0. The van der Waals surface area contributed by atoms with Gasteiger partial charge in [-0.05, 0) is 25.2 Å². The number of hydrogen-bond donors (Lipinski definition) is 0. The molecule has 1 aromatic rings. The largest absolute Gasteiger partial charge is 0.453 e. The molecule has 4 heteroatoms. The Morgan fingerprint density at radius 3 is 2.82 bits per heavy atom. The lowest BCUT2D eigenvalue weighted by molar-refractivity contribution is 0.101. The molecule has 1 aromatic carbocycles. The lowest BCUT2D eigenvalue weighted by Gasteiger charge is -2.26. The fourth-order valence-corrected chi connectivity index (χ4v) is 2.32. The van der Waals surface area contributed by atoms with E-state index < -0.39 is 0 Å². The van der Waals surface area contributed by atoms with Crippen LogP contribution in [0.4, 0.5) is 4.79 Å². The van der Waals surface area contributed by atoms with Crippen LogP contribution in [0.25, 0.3) is 0 Å². The average Bonchev–Trinajstić information content (AvgIpc) is 2.67. The van der Waals surface area contributed by atoms with E-state index in [2.05, 4.69) is 17.0 Å². The molecule has 92 valence electrons. The molecule has 4 nitrogen and oxygen atoms in total. The first kappa shape index (κ1) is 11.9. The molecule has 1 unspecified atom stereocenters. The Bertz CT molecular complexity index is 418. The van der Waals surface area contributed by atoms with E-state index in [4.69, 9.17) is 4.74 Å². The second kappa shape index (κ2) is 4.75. The van der Waals surface area contributed by atoms with Gasteiger partial charge in [-0.25, -0.2) is 4.79 Å². The molecule has 0 fully saturated rings. The van der Waals surface area contributed by atoms with Gasteiger partial charge in [0.25, 0.3) is 0 Å². The van der Waals surface area contributed by atoms with Gasteiger partial charge in [-0.15, -0.1) is 0 Å². The Morgan fingerprint density at radius 2 is 2.18 bits per heavy atom. The number of nitrogens with zero attached hydrogens (tertiary/aromatic N) is 2. The second-order valence-corrected chi connectivity index (χ2v) is 4.57. The molecule has 1 amide bonds. The molecule has 0 aliphatic carbocycles. The smallest absolute Gasteiger partial charge is 0.410 e. The second-order valence-electron chi connectivity index (χ2n) is 4.57. The van der Waals surface area contributed by atoms with E-state index in [9.17, 15) is 4.79 Å². The first-order chi connectivity index (χ1) is 8.13. The van der Waals surface area contributed by atoms with E-state index in [1.807, 2.05) is 26.2 Å². The highest BCUT2D eigenvalue weighted by Crippen LogP contribution is 2.34. The number of ether oxygens (including phenoxy) is 1. The molecule has 1 aliphatic heterocycles. The molecule has 0 N–H and O–H groups in total. The van der Waals surface area contributed by atoms with Crippen molar-refractivity contribution >= 4 is 6.09 Å². The van der Waals surface area contributed by atoms with E-state index in [0.29, 0.717) is 6.54 Å². The van der Waals surface area contributed by atoms with Crippen LogP contribution >= 0.6 is 0 Å². The maximum absolute atomic E-state index is 11.8. The summed E-state index contributed by atoms with van der Waals surface area (Å²) in [4.78, 5) is 15.6. The summed E-state index contributed by atoms with van der Waals surface area (Å²) in [6.45, 7) is 1.45. The summed E-state index contributed by atoms with van der Waals surface area (Å²) in [5.41, 5.74) is 2.44. The van der Waals surface area contributed by atoms with E-state index in [-0.39, 0.29) is 12.1 Å². The van der Waals surface area contributed by atoms with Crippen LogP contribution in [0.15, 0.2) is 24.3 Å². The molecule has 2 rings (SSSR count). The monoisotopic (exact) mass is 234 g/mol. The van der Waals surface area contributed by atoms with Crippen LogP contribution in [-0.2, 0) is 11.3 Å². The Kier molecular flexibility index (Phi) is 3.33. The molecule has 1 aliphatic rings. The van der Waals surface area contributed by atoms with E-state index >= 15 is 0 Å².